The van der Waals surface area contributed by atoms with Gasteiger partial charge in [-0.25, -0.2) is 0 Å². The lowest BCUT2D eigenvalue weighted by molar-refractivity contribution is -0.163. The number of benzene rings is 4. The van der Waals surface area contributed by atoms with Crippen LogP contribution in [0.15, 0.2) is 133 Å². The van der Waals surface area contributed by atoms with Crippen molar-refractivity contribution in [3.63, 3.8) is 0 Å². The topological polar surface area (TPSA) is 54.0 Å². The Morgan fingerprint density at radius 1 is 0.450 bits per heavy atom. The van der Waals surface area contributed by atoms with Gasteiger partial charge in [-0.1, -0.05) is 121 Å². The highest BCUT2D eigenvalue weighted by Gasteiger charge is 2.42. The Bertz CT molecular complexity index is 1340. The fourth-order valence-electron chi connectivity index (χ4n) is 4.70. The molecule has 0 spiro atoms. The molecule has 4 aromatic rings. The summed E-state index contributed by atoms with van der Waals surface area (Å²) in [6.07, 6.45) is -0.375. The zero-order valence-electron chi connectivity index (χ0n) is 22.4. The second kappa shape index (κ2) is 14.5. The average Bonchev–Trinajstić information content (AvgIpc) is 3.01. The number of ketones is 1. The van der Waals surface area contributed by atoms with Crippen molar-refractivity contribution < 1.29 is 23.7 Å². The minimum atomic E-state index is -0.817. The summed E-state index contributed by atoms with van der Waals surface area (Å²) in [5.41, 5.74) is 4.84. The van der Waals surface area contributed by atoms with Crippen LogP contribution in [-0.2, 0) is 50.2 Å². The van der Waals surface area contributed by atoms with Crippen LogP contribution in [-0.4, -0.2) is 30.7 Å². The van der Waals surface area contributed by atoms with E-state index < -0.39 is 18.3 Å². The van der Waals surface area contributed by atoms with Crippen LogP contribution in [0, 0.1) is 0 Å². The molecule has 4 aromatic carbocycles. The third-order valence-corrected chi connectivity index (χ3v) is 6.78. The van der Waals surface area contributed by atoms with E-state index in [-0.39, 0.29) is 12.4 Å². The highest BCUT2D eigenvalue weighted by atomic mass is 16.6. The third kappa shape index (κ3) is 7.84. The first-order valence-electron chi connectivity index (χ1n) is 13.6. The molecule has 1 aliphatic carbocycles. The second-order valence-corrected chi connectivity index (χ2v) is 9.80. The van der Waals surface area contributed by atoms with E-state index in [0.717, 1.165) is 27.8 Å². The van der Waals surface area contributed by atoms with Crippen molar-refractivity contribution in [1.29, 1.82) is 0 Å². The van der Waals surface area contributed by atoms with Crippen LogP contribution in [0.2, 0.25) is 0 Å². The molecule has 0 saturated heterocycles. The summed E-state index contributed by atoms with van der Waals surface area (Å²) in [5, 5.41) is 0. The normalized spacial score (nSPS) is 18.9. The Labute approximate surface area is 236 Å². The summed E-state index contributed by atoms with van der Waals surface area (Å²) < 4.78 is 25.3. The molecule has 5 rings (SSSR count). The summed E-state index contributed by atoms with van der Waals surface area (Å²) in [6.45, 7) is 1.67. The van der Waals surface area contributed by atoms with E-state index in [0.29, 0.717) is 26.4 Å². The fraction of sp³-hybridized carbons (Fsp3) is 0.229. The first-order chi connectivity index (χ1) is 19.8. The Balaban J connectivity index is 1.39. The Kier molecular flexibility index (Phi) is 10.0. The van der Waals surface area contributed by atoms with Gasteiger partial charge >= 0.3 is 0 Å². The summed E-state index contributed by atoms with van der Waals surface area (Å²) in [4.78, 5) is 13.5. The Morgan fingerprint density at radius 2 is 0.850 bits per heavy atom. The lowest BCUT2D eigenvalue weighted by Crippen LogP contribution is -2.51. The standard InChI is InChI=1S/C35H34O5/c36-32-21-31(26-37-22-27-13-5-1-6-14-27)33(38-23-28-15-7-2-8-16-28)35(40-25-30-19-11-4-12-20-30)34(32)39-24-29-17-9-3-10-18-29/h1-21,33-35H,22-26H2/t33-,34-,35-/m0/s1. The number of hydrogen-bond acceptors (Lipinski definition) is 5. The molecule has 0 bridgehead atoms. The number of ether oxygens (including phenoxy) is 4. The van der Waals surface area contributed by atoms with Gasteiger partial charge < -0.3 is 18.9 Å². The van der Waals surface area contributed by atoms with Gasteiger partial charge in [-0.15, -0.1) is 0 Å². The smallest absolute Gasteiger partial charge is 0.187 e. The molecule has 1 aliphatic rings. The number of carbonyl (C=O) groups excluding carboxylic acids is 1. The van der Waals surface area contributed by atoms with Crippen LogP contribution in [0.3, 0.4) is 0 Å². The first-order valence-corrected chi connectivity index (χ1v) is 13.6. The van der Waals surface area contributed by atoms with Gasteiger partial charge in [-0.2, -0.15) is 0 Å². The van der Waals surface area contributed by atoms with Gasteiger partial charge in [-0.05, 0) is 33.9 Å². The maximum atomic E-state index is 13.5. The van der Waals surface area contributed by atoms with Crippen molar-refractivity contribution in [2.45, 2.75) is 44.7 Å². The zero-order valence-corrected chi connectivity index (χ0v) is 22.4. The average molecular weight is 535 g/mol. The van der Waals surface area contributed by atoms with E-state index in [1.54, 1.807) is 6.08 Å². The quantitative estimate of drug-likeness (QED) is 0.197. The molecular formula is C35H34O5. The van der Waals surface area contributed by atoms with E-state index in [1.165, 1.54) is 0 Å². The van der Waals surface area contributed by atoms with Crippen LogP contribution < -0.4 is 0 Å². The minimum absolute atomic E-state index is 0.146. The SMILES string of the molecule is O=C1C=C(COCc2ccccc2)[C@H](OCc2ccccc2)[C@H](OCc2ccccc2)[C@H]1OCc1ccccc1. The Morgan fingerprint density at radius 3 is 1.32 bits per heavy atom. The van der Waals surface area contributed by atoms with Gasteiger partial charge in [0.1, 0.15) is 18.3 Å². The van der Waals surface area contributed by atoms with Gasteiger partial charge in [0.2, 0.25) is 0 Å². The van der Waals surface area contributed by atoms with Crippen LogP contribution >= 0.6 is 0 Å². The van der Waals surface area contributed by atoms with Crippen LogP contribution in [0.4, 0.5) is 0 Å². The van der Waals surface area contributed by atoms with Gasteiger partial charge in [0, 0.05) is 0 Å². The van der Waals surface area contributed by atoms with Crippen molar-refractivity contribution in [3.8, 4) is 0 Å². The Hall–Kier alpha value is -3.87. The summed E-state index contributed by atoms with van der Waals surface area (Å²) in [7, 11) is 0. The fourth-order valence-corrected chi connectivity index (χ4v) is 4.70. The maximum Gasteiger partial charge on any atom is 0.187 e. The van der Waals surface area contributed by atoms with Crippen LogP contribution in [0.1, 0.15) is 22.3 Å². The molecule has 204 valence electrons. The summed E-state index contributed by atoms with van der Waals surface area (Å²) >= 11 is 0. The van der Waals surface area contributed by atoms with Gasteiger partial charge in [0.15, 0.2) is 5.78 Å². The maximum absolute atomic E-state index is 13.5. The zero-order chi connectivity index (χ0) is 27.4. The molecule has 5 heteroatoms. The number of rotatable bonds is 13. The third-order valence-electron chi connectivity index (χ3n) is 6.78. The molecule has 40 heavy (non-hydrogen) atoms. The van der Waals surface area contributed by atoms with Gasteiger partial charge in [-0.3, -0.25) is 4.79 Å². The highest BCUT2D eigenvalue weighted by Crippen LogP contribution is 2.28. The molecule has 0 N–H and O–H groups in total. The molecule has 5 nitrogen and oxygen atoms in total. The van der Waals surface area contributed by atoms with Crippen molar-refractivity contribution in [2.24, 2.45) is 0 Å². The van der Waals surface area contributed by atoms with E-state index >= 15 is 0 Å². The molecule has 0 aliphatic heterocycles. The number of hydrogen-bond donors (Lipinski definition) is 0. The monoisotopic (exact) mass is 534 g/mol. The molecular weight excluding hydrogens is 500 g/mol. The van der Waals surface area contributed by atoms with Gasteiger partial charge in [0.25, 0.3) is 0 Å². The second-order valence-electron chi connectivity index (χ2n) is 9.80. The molecule has 0 amide bonds. The van der Waals surface area contributed by atoms with E-state index in [9.17, 15) is 4.79 Å². The lowest BCUT2D eigenvalue weighted by atomic mass is 9.90. The molecule has 0 heterocycles. The predicted octanol–water partition coefficient (Wildman–Crippen LogP) is 6.47. The summed E-state index contributed by atoms with van der Waals surface area (Å²) in [5.74, 6) is -0.146. The van der Waals surface area contributed by atoms with Crippen LogP contribution in [0.25, 0.3) is 0 Å². The molecule has 0 aromatic heterocycles. The minimum Gasteiger partial charge on any atom is -0.372 e. The van der Waals surface area contributed by atoms with E-state index in [4.69, 9.17) is 18.9 Å². The number of carbonyl (C=O) groups is 1. The molecule has 0 fully saturated rings. The summed E-state index contributed by atoms with van der Waals surface area (Å²) in [6, 6.07) is 39.7. The first kappa shape index (κ1) is 27.7. The van der Waals surface area contributed by atoms with Crippen molar-refractivity contribution in [3.05, 3.63) is 155 Å². The van der Waals surface area contributed by atoms with E-state index in [1.807, 2.05) is 121 Å². The molecule has 3 atom stereocenters. The van der Waals surface area contributed by atoms with Crippen molar-refractivity contribution in [2.75, 3.05) is 6.61 Å². The lowest BCUT2D eigenvalue weighted by Gasteiger charge is -2.37. The predicted molar refractivity (Wildman–Crippen MR) is 154 cm³/mol. The largest absolute Gasteiger partial charge is 0.372 e. The van der Waals surface area contributed by atoms with Crippen molar-refractivity contribution in [1.82, 2.24) is 0 Å². The van der Waals surface area contributed by atoms with Gasteiger partial charge in [0.05, 0.1) is 33.0 Å². The highest BCUT2D eigenvalue weighted by molar-refractivity contribution is 5.96. The van der Waals surface area contributed by atoms with Crippen molar-refractivity contribution >= 4 is 5.78 Å². The molecule has 0 saturated carbocycles. The molecule has 0 unspecified atom stereocenters. The molecule has 0 radical (unpaired) electrons. The van der Waals surface area contributed by atoms with Crippen LogP contribution in [0.5, 0.6) is 0 Å². The van der Waals surface area contributed by atoms with E-state index in [2.05, 4.69) is 0 Å².